The second-order valence-corrected chi connectivity index (χ2v) is 3.84. The van der Waals surface area contributed by atoms with Crippen LogP contribution >= 0.6 is 11.8 Å². The van der Waals surface area contributed by atoms with Crippen molar-refractivity contribution in [2.24, 2.45) is 0 Å². The van der Waals surface area contributed by atoms with E-state index in [1.807, 2.05) is 11.8 Å². The molecule has 56 valence electrons. The summed E-state index contributed by atoms with van der Waals surface area (Å²) in [5.74, 6) is 0. The highest BCUT2D eigenvalue weighted by Gasteiger charge is 2.22. The van der Waals surface area contributed by atoms with Crippen LogP contribution in [-0.4, -0.2) is 11.0 Å². The predicted molar refractivity (Wildman–Crippen MR) is 49.4 cm³/mol. The van der Waals surface area contributed by atoms with E-state index in [1.165, 1.54) is 12.8 Å². The van der Waals surface area contributed by atoms with Gasteiger partial charge in [-0.15, -0.1) is 0 Å². The van der Waals surface area contributed by atoms with Crippen LogP contribution in [0.3, 0.4) is 0 Å². The summed E-state index contributed by atoms with van der Waals surface area (Å²) in [6.45, 7) is 2.25. The monoisotopic (exact) mass is 154 g/mol. The molecule has 0 saturated heterocycles. The molecular formula is C9H14S. The van der Waals surface area contributed by atoms with Crippen LogP contribution in [0, 0.1) is 0 Å². The fraction of sp³-hybridized carbons (Fsp3) is 0.556. The van der Waals surface area contributed by atoms with Gasteiger partial charge in [-0.3, -0.25) is 0 Å². The standard InChI is InChI=1S/C9H14S/c1-3-9(10-2)7-5-4-6-8-9/h4-7H,3,8H2,1-2H3. The van der Waals surface area contributed by atoms with Crippen LogP contribution in [0.25, 0.3) is 0 Å². The van der Waals surface area contributed by atoms with Crippen molar-refractivity contribution in [3.05, 3.63) is 24.3 Å². The van der Waals surface area contributed by atoms with Gasteiger partial charge in [0.05, 0.1) is 0 Å². The average Bonchev–Trinajstić information content (AvgIpc) is 2.06. The fourth-order valence-corrected chi connectivity index (χ4v) is 1.97. The molecule has 0 saturated carbocycles. The molecule has 0 aromatic rings. The maximum Gasteiger partial charge on any atom is 0.0371 e. The summed E-state index contributed by atoms with van der Waals surface area (Å²) in [6.07, 6.45) is 13.5. The Hall–Kier alpha value is -0.170. The van der Waals surface area contributed by atoms with Crippen LogP contribution < -0.4 is 0 Å². The van der Waals surface area contributed by atoms with Gasteiger partial charge in [-0.2, -0.15) is 11.8 Å². The smallest absolute Gasteiger partial charge is 0.0371 e. The maximum absolute atomic E-state index is 2.32. The van der Waals surface area contributed by atoms with Gasteiger partial charge in [0, 0.05) is 4.75 Å². The van der Waals surface area contributed by atoms with Crippen LogP contribution in [0.2, 0.25) is 0 Å². The van der Waals surface area contributed by atoms with Gasteiger partial charge in [-0.05, 0) is 19.1 Å². The van der Waals surface area contributed by atoms with Gasteiger partial charge in [0.15, 0.2) is 0 Å². The summed E-state index contributed by atoms with van der Waals surface area (Å²) in [5.41, 5.74) is 0. The topological polar surface area (TPSA) is 0 Å². The third kappa shape index (κ3) is 1.46. The van der Waals surface area contributed by atoms with Crippen molar-refractivity contribution in [3.63, 3.8) is 0 Å². The average molecular weight is 154 g/mol. The maximum atomic E-state index is 2.32. The number of rotatable bonds is 2. The fourth-order valence-electron chi connectivity index (χ4n) is 1.20. The van der Waals surface area contributed by atoms with Crippen LogP contribution in [0.15, 0.2) is 24.3 Å². The zero-order valence-corrected chi connectivity index (χ0v) is 7.45. The van der Waals surface area contributed by atoms with Crippen molar-refractivity contribution in [1.29, 1.82) is 0 Å². The summed E-state index contributed by atoms with van der Waals surface area (Å²) in [4.78, 5) is 0. The molecule has 10 heavy (non-hydrogen) atoms. The van der Waals surface area contributed by atoms with Gasteiger partial charge in [0.1, 0.15) is 0 Å². The summed E-state index contributed by atoms with van der Waals surface area (Å²) in [5, 5.41) is 0. The van der Waals surface area contributed by atoms with E-state index in [-0.39, 0.29) is 0 Å². The zero-order valence-electron chi connectivity index (χ0n) is 6.63. The van der Waals surface area contributed by atoms with E-state index >= 15 is 0 Å². The third-order valence-electron chi connectivity index (χ3n) is 2.12. The van der Waals surface area contributed by atoms with E-state index < -0.39 is 0 Å². The van der Waals surface area contributed by atoms with Gasteiger partial charge in [0.25, 0.3) is 0 Å². The Labute approximate surface area is 67.4 Å². The molecule has 0 amide bonds. The summed E-state index contributed by atoms with van der Waals surface area (Å²) >= 11 is 1.96. The minimum absolute atomic E-state index is 0.411. The Balaban J connectivity index is 2.66. The molecule has 1 unspecified atom stereocenters. The molecule has 1 heteroatoms. The number of hydrogen-bond donors (Lipinski definition) is 0. The van der Waals surface area contributed by atoms with E-state index in [0.29, 0.717) is 4.75 Å². The minimum Gasteiger partial charge on any atom is -0.154 e. The molecule has 1 aliphatic rings. The molecule has 0 heterocycles. The van der Waals surface area contributed by atoms with Crippen molar-refractivity contribution >= 4 is 11.8 Å². The lowest BCUT2D eigenvalue weighted by atomic mass is 9.97. The highest BCUT2D eigenvalue weighted by atomic mass is 32.2. The molecule has 0 aromatic heterocycles. The Morgan fingerprint density at radius 2 is 2.30 bits per heavy atom. The first-order chi connectivity index (χ1) is 4.83. The molecule has 1 aliphatic carbocycles. The van der Waals surface area contributed by atoms with Crippen molar-refractivity contribution in [3.8, 4) is 0 Å². The molecule has 0 spiro atoms. The molecule has 1 rings (SSSR count). The van der Waals surface area contributed by atoms with E-state index in [2.05, 4.69) is 37.5 Å². The summed E-state index contributed by atoms with van der Waals surface area (Å²) < 4.78 is 0.411. The number of thioether (sulfide) groups is 1. The Kier molecular flexibility index (Phi) is 2.61. The van der Waals surface area contributed by atoms with Crippen LogP contribution in [0.1, 0.15) is 19.8 Å². The first-order valence-corrected chi connectivity index (χ1v) is 4.95. The lowest BCUT2D eigenvalue weighted by Gasteiger charge is -2.27. The largest absolute Gasteiger partial charge is 0.154 e. The second-order valence-electron chi connectivity index (χ2n) is 2.61. The molecule has 0 N–H and O–H groups in total. The highest BCUT2D eigenvalue weighted by molar-refractivity contribution is 8.00. The van der Waals surface area contributed by atoms with Crippen molar-refractivity contribution in [2.45, 2.75) is 24.5 Å². The molecule has 0 bridgehead atoms. The van der Waals surface area contributed by atoms with E-state index in [4.69, 9.17) is 0 Å². The minimum atomic E-state index is 0.411. The van der Waals surface area contributed by atoms with E-state index in [0.717, 1.165) is 0 Å². The number of allylic oxidation sites excluding steroid dienone is 3. The van der Waals surface area contributed by atoms with Gasteiger partial charge in [-0.25, -0.2) is 0 Å². The Morgan fingerprint density at radius 1 is 1.50 bits per heavy atom. The number of hydrogen-bond acceptors (Lipinski definition) is 1. The van der Waals surface area contributed by atoms with Crippen molar-refractivity contribution < 1.29 is 0 Å². The predicted octanol–water partition coefficient (Wildman–Crippen LogP) is 3.01. The molecule has 1 atom stereocenters. The molecule has 0 radical (unpaired) electrons. The first-order valence-electron chi connectivity index (χ1n) is 3.72. The third-order valence-corrected chi connectivity index (χ3v) is 3.52. The van der Waals surface area contributed by atoms with E-state index in [9.17, 15) is 0 Å². The molecule has 0 nitrogen and oxygen atoms in total. The lowest BCUT2D eigenvalue weighted by Crippen LogP contribution is -2.20. The lowest BCUT2D eigenvalue weighted by molar-refractivity contribution is 0.690. The SMILES string of the molecule is CCC1(SC)C=CC=CC1. The molecule has 0 fully saturated rings. The summed E-state index contributed by atoms with van der Waals surface area (Å²) in [7, 11) is 0. The van der Waals surface area contributed by atoms with Crippen molar-refractivity contribution in [1.82, 2.24) is 0 Å². The second kappa shape index (κ2) is 3.29. The Morgan fingerprint density at radius 3 is 2.60 bits per heavy atom. The first kappa shape index (κ1) is 7.93. The van der Waals surface area contributed by atoms with Gasteiger partial charge >= 0.3 is 0 Å². The Bertz CT molecular complexity index is 152. The van der Waals surface area contributed by atoms with Crippen LogP contribution in [-0.2, 0) is 0 Å². The highest BCUT2D eigenvalue weighted by Crippen LogP contribution is 2.34. The molecule has 0 aliphatic heterocycles. The van der Waals surface area contributed by atoms with Gasteiger partial charge in [0.2, 0.25) is 0 Å². The zero-order chi connectivity index (χ0) is 7.45. The van der Waals surface area contributed by atoms with Crippen molar-refractivity contribution in [2.75, 3.05) is 6.26 Å². The van der Waals surface area contributed by atoms with E-state index in [1.54, 1.807) is 0 Å². The van der Waals surface area contributed by atoms with Crippen LogP contribution in [0.4, 0.5) is 0 Å². The molecule has 0 aromatic carbocycles. The normalized spacial score (nSPS) is 31.0. The van der Waals surface area contributed by atoms with Gasteiger partial charge < -0.3 is 0 Å². The quantitative estimate of drug-likeness (QED) is 0.589. The van der Waals surface area contributed by atoms with Crippen LogP contribution in [0.5, 0.6) is 0 Å². The molecular weight excluding hydrogens is 140 g/mol. The van der Waals surface area contributed by atoms with Gasteiger partial charge in [-0.1, -0.05) is 31.2 Å². The summed E-state index contributed by atoms with van der Waals surface area (Å²) in [6, 6.07) is 0.